The number of hydrogen-bond acceptors (Lipinski definition) is 3. The smallest absolute Gasteiger partial charge is 0.213 e. The van der Waals surface area contributed by atoms with Crippen LogP contribution in [0.4, 0.5) is 0 Å². The third-order valence-corrected chi connectivity index (χ3v) is 4.42. The lowest BCUT2D eigenvalue weighted by Crippen LogP contribution is -2.41. The number of rotatable bonds is 6. The van der Waals surface area contributed by atoms with Crippen LogP contribution in [0.3, 0.4) is 0 Å². The van der Waals surface area contributed by atoms with E-state index in [1.165, 1.54) is 32.1 Å². The third-order valence-electron chi connectivity index (χ3n) is 4.42. The Morgan fingerprint density at radius 3 is 2.65 bits per heavy atom. The maximum Gasteiger partial charge on any atom is 0.213 e. The van der Waals surface area contributed by atoms with Crippen LogP contribution in [0.2, 0.25) is 0 Å². The van der Waals surface area contributed by atoms with Crippen LogP contribution in [-0.2, 0) is 13.2 Å². The van der Waals surface area contributed by atoms with Crippen LogP contribution in [0.25, 0.3) is 0 Å². The molecule has 0 atom stereocenters. The molecule has 0 spiro atoms. The lowest BCUT2D eigenvalue weighted by Gasteiger charge is -2.23. The van der Waals surface area contributed by atoms with E-state index < -0.39 is 0 Å². The van der Waals surface area contributed by atoms with Crippen LogP contribution in [0, 0.1) is 0 Å². The van der Waals surface area contributed by atoms with E-state index in [2.05, 4.69) is 15.3 Å². The van der Waals surface area contributed by atoms with Crippen molar-refractivity contribution >= 4 is 29.9 Å². The molecule has 1 saturated carbocycles. The summed E-state index contributed by atoms with van der Waals surface area (Å²) in [6, 6.07) is 14.4. The molecule has 140 valence electrons. The van der Waals surface area contributed by atoms with Gasteiger partial charge in [0.05, 0.1) is 6.54 Å². The van der Waals surface area contributed by atoms with E-state index in [4.69, 9.17) is 10.5 Å². The van der Waals surface area contributed by atoms with Crippen molar-refractivity contribution in [2.45, 2.75) is 51.3 Å². The van der Waals surface area contributed by atoms with Crippen molar-refractivity contribution in [3.8, 4) is 5.88 Å². The Bertz CT molecular complexity index is 687. The third kappa shape index (κ3) is 6.82. The summed E-state index contributed by atoms with van der Waals surface area (Å²) in [7, 11) is 0. The lowest BCUT2D eigenvalue weighted by atomic mass is 9.96. The molecule has 0 saturated heterocycles. The zero-order valence-corrected chi connectivity index (χ0v) is 17.3. The molecule has 0 radical (unpaired) electrons. The van der Waals surface area contributed by atoms with Gasteiger partial charge in [-0.15, -0.1) is 24.0 Å². The molecule has 6 heteroatoms. The molecule has 1 aromatic heterocycles. The predicted molar refractivity (Wildman–Crippen MR) is 116 cm³/mol. The average molecular weight is 466 g/mol. The van der Waals surface area contributed by atoms with Crippen LogP contribution >= 0.6 is 24.0 Å². The fourth-order valence-electron chi connectivity index (χ4n) is 3.04. The summed E-state index contributed by atoms with van der Waals surface area (Å²) in [5, 5.41) is 3.33. The molecule has 0 aliphatic heterocycles. The van der Waals surface area contributed by atoms with Crippen molar-refractivity contribution in [2.24, 2.45) is 10.7 Å². The summed E-state index contributed by atoms with van der Waals surface area (Å²) >= 11 is 0. The first-order valence-corrected chi connectivity index (χ1v) is 8.98. The fourth-order valence-corrected chi connectivity index (χ4v) is 3.04. The monoisotopic (exact) mass is 466 g/mol. The van der Waals surface area contributed by atoms with Gasteiger partial charge in [-0.3, -0.25) is 0 Å². The Balaban J connectivity index is 0.00000243. The highest BCUT2D eigenvalue weighted by molar-refractivity contribution is 14.0. The van der Waals surface area contributed by atoms with Gasteiger partial charge in [-0.05, 0) is 30.0 Å². The van der Waals surface area contributed by atoms with Gasteiger partial charge in [-0.1, -0.05) is 49.6 Å². The first-order valence-electron chi connectivity index (χ1n) is 8.98. The van der Waals surface area contributed by atoms with Gasteiger partial charge in [0.25, 0.3) is 0 Å². The molecule has 26 heavy (non-hydrogen) atoms. The van der Waals surface area contributed by atoms with E-state index in [0.29, 0.717) is 31.0 Å². The first kappa shape index (κ1) is 20.5. The molecule has 0 unspecified atom stereocenters. The highest BCUT2D eigenvalue weighted by Crippen LogP contribution is 2.17. The number of pyridine rings is 1. The number of aliphatic imine (C=N–C) groups is 1. The van der Waals surface area contributed by atoms with Crippen molar-refractivity contribution in [3.63, 3.8) is 0 Å². The number of guanidine groups is 1. The number of nitrogens with one attached hydrogen (secondary N) is 1. The van der Waals surface area contributed by atoms with E-state index in [-0.39, 0.29) is 24.0 Å². The van der Waals surface area contributed by atoms with Crippen molar-refractivity contribution in [2.75, 3.05) is 0 Å². The topological polar surface area (TPSA) is 72.5 Å². The van der Waals surface area contributed by atoms with Gasteiger partial charge in [0.15, 0.2) is 5.96 Å². The number of nitrogens with zero attached hydrogens (tertiary/aromatic N) is 2. The summed E-state index contributed by atoms with van der Waals surface area (Å²) in [4.78, 5) is 8.71. The maximum atomic E-state index is 6.02. The normalized spacial score (nSPS) is 15.2. The standard InChI is InChI=1S/C20H26N4O.HI/c21-20(24-18-9-5-2-6-10-18)23-14-17-11-12-22-19(13-17)25-15-16-7-3-1-4-8-16;/h1,3-4,7-8,11-13,18H,2,5-6,9-10,14-15H2,(H3,21,23,24);1H. The van der Waals surface area contributed by atoms with Crippen molar-refractivity contribution in [1.82, 2.24) is 10.3 Å². The molecule has 1 aliphatic carbocycles. The van der Waals surface area contributed by atoms with E-state index in [9.17, 15) is 0 Å². The molecule has 1 aromatic carbocycles. The van der Waals surface area contributed by atoms with E-state index in [1.54, 1.807) is 6.20 Å². The lowest BCUT2D eigenvalue weighted by molar-refractivity contribution is 0.293. The van der Waals surface area contributed by atoms with Crippen LogP contribution in [-0.4, -0.2) is 17.0 Å². The molecular formula is C20H27IN4O. The molecule has 1 heterocycles. The second-order valence-electron chi connectivity index (χ2n) is 6.46. The van der Waals surface area contributed by atoms with Gasteiger partial charge in [0, 0.05) is 18.3 Å². The fraction of sp³-hybridized carbons (Fsp3) is 0.400. The molecule has 0 bridgehead atoms. The molecule has 1 aliphatic rings. The Morgan fingerprint density at radius 1 is 1.12 bits per heavy atom. The molecule has 1 fully saturated rings. The van der Waals surface area contributed by atoms with Gasteiger partial charge in [-0.2, -0.15) is 0 Å². The number of ether oxygens (including phenoxy) is 1. The highest BCUT2D eigenvalue weighted by atomic mass is 127. The summed E-state index contributed by atoms with van der Waals surface area (Å²) < 4.78 is 5.75. The predicted octanol–water partition coefficient (Wildman–Crippen LogP) is 4.02. The number of halogens is 1. The van der Waals surface area contributed by atoms with Gasteiger partial charge in [0.1, 0.15) is 6.61 Å². The number of aromatic nitrogens is 1. The zero-order chi connectivity index (χ0) is 17.3. The average Bonchev–Trinajstić information content (AvgIpc) is 2.67. The van der Waals surface area contributed by atoms with Crippen molar-refractivity contribution < 1.29 is 4.74 Å². The quantitative estimate of drug-likeness (QED) is 0.383. The van der Waals surface area contributed by atoms with Crippen LogP contribution in [0.5, 0.6) is 5.88 Å². The number of nitrogens with two attached hydrogens (primary N) is 1. The second-order valence-corrected chi connectivity index (χ2v) is 6.46. The number of hydrogen-bond donors (Lipinski definition) is 2. The highest BCUT2D eigenvalue weighted by Gasteiger charge is 2.13. The molecule has 2 aromatic rings. The SMILES string of the molecule is I.NC(=NCc1ccnc(OCc2ccccc2)c1)NC1CCCCC1. The Labute approximate surface area is 172 Å². The molecule has 5 nitrogen and oxygen atoms in total. The van der Waals surface area contributed by atoms with Crippen molar-refractivity contribution in [3.05, 3.63) is 59.8 Å². The Morgan fingerprint density at radius 2 is 1.88 bits per heavy atom. The summed E-state index contributed by atoms with van der Waals surface area (Å²) in [6.45, 7) is 1.03. The van der Waals surface area contributed by atoms with Crippen LogP contribution < -0.4 is 15.8 Å². The molecule has 0 amide bonds. The molecule has 3 N–H and O–H groups in total. The summed E-state index contributed by atoms with van der Waals surface area (Å²) in [5.74, 6) is 1.13. The second kappa shape index (κ2) is 11.0. The molecule has 3 rings (SSSR count). The van der Waals surface area contributed by atoms with Gasteiger partial charge < -0.3 is 15.8 Å². The minimum absolute atomic E-state index is 0. The van der Waals surface area contributed by atoms with Gasteiger partial charge in [-0.25, -0.2) is 9.98 Å². The van der Waals surface area contributed by atoms with E-state index >= 15 is 0 Å². The minimum Gasteiger partial charge on any atom is -0.473 e. The largest absolute Gasteiger partial charge is 0.473 e. The Kier molecular flexibility index (Phi) is 8.67. The van der Waals surface area contributed by atoms with Crippen LogP contribution in [0.1, 0.15) is 43.2 Å². The van der Waals surface area contributed by atoms with E-state index in [0.717, 1.165) is 11.1 Å². The Hall–Kier alpha value is -1.83. The van der Waals surface area contributed by atoms with E-state index in [1.807, 2.05) is 42.5 Å². The maximum absolute atomic E-state index is 6.02. The van der Waals surface area contributed by atoms with Crippen molar-refractivity contribution in [1.29, 1.82) is 0 Å². The number of benzene rings is 1. The summed E-state index contributed by atoms with van der Waals surface area (Å²) in [6.07, 6.45) is 7.99. The zero-order valence-electron chi connectivity index (χ0n) is 14.9. The molecular weight excluding hydrogens is 439 g/mol. The minimum atomic E-state index is 0. The first-order chi connectivity index (χ1) is 12.3. The summed E-state index contributed by atoms with van der Waals surface area (Å²) in [5.41, 5.74) is 8.17. The van der Waals surface area contributed by atoms with Gasteiger partial charge >= 0.3 is 0 Å². The van der Waals surface area contributed by atoms with Gasteiger partial charge in [0.2, 0.25) is 5.88 Å². The van der Waals surface area contributed by atoms with Crippen LogP contribution in [0.15, 0.2) is 53.7 Å².